The van der Waals surface area contributed by atoms with Crippen LogP contribution in [0.5, 0.6) is 0 Å². The van der Waals surface area contributed by atoms with Crippen molar-refractivity contribution in [2.24, 2.45) is 0 Å². The number of hydrogen-bond acceptors (Lipinski definition) is 0. The van der Waals surface area contributed by atoms with Gasteiger partial charge in [-0.3, -0.25) is 0 Å². The van der Waals surface area contributed by atoms with E-state index in [1.807, 2.05) is 6.92 Å². The van der Waals surface area contributed by atoms with Crippen LogP contribution >= 0.6 is 0 Å². The van der Waals surface area contributed by atoms with Gasteiger partial charge in [-0.25, -0.2) is 22.0 Å². The summed E-state index contributed by atoms with van der Waals surface area (Å²) in [6, 6.07) is 9.08. The molecular formula is C27H23F5. The summed E-state index contributed by atoms with van der Waals surface area (Å²) in [6.45, 7) is 3.61. The van der Waals surface area contributed by atoms with Gasteiger partial charge in [0.2, 0.25) is 0 Å². The molecule has 0 spiro atoms. The Bertz CT molecular complexity index is 1220. The van der Waals surface area contributed by atoms with Gasteiger partial charge in [0.1, 0.15) is 5.82 Å². The van der Waals surface area contributed by atoms with Crippen LogP contribution in [0.1, 0.15) is 48.1 Å². The lowest BCUT2D eigenvalue weighted by atomic mass is 9.85. The number of rotatable bonds is 5. The van der Waals surface area contributed by atoms with E-state index in [4.69, 9.17) is 0 Å². The third-order valence-corrected chi connectivity index (χ3v) is 6.13. The molecule has 0 saturated carbocycles. The molecule has 0 atom stereocenters. The number of fused-ring (bicyclic) bond motifs is 1. The number of hydrogen-bond donors (Lipinski definition) is 0. The largest absolute Gasteiger partial charge is 0.206 e. The fraction of sp³-hybridized carbons (Fsp3) is 0.259. The van der Waals surface area contributed by atoms with E-state index in [2.05, 4.69) is 0 Å². The molecule has 4 rings (SSSR count). The number of benzene rings is 3. The van der Waals surface area contributed by atoms with Gasteiger partial charge in [0.25, 0.3) is 0 Å². The van der Waals surface area contributed by atoms with Crippen molar-refractivity contribution in [1.29, 1.82) is 0 Å². The van der Waals surface area contributed by atoms with E-state index >= 15 is 4.39 Å². The summed E-state index contributed by atoms with van der Waals surface area (Å²) in [7, 11) is 0. The highest BCUT2D eigenvalue weighted by atomic mass is 19.2. The van der Waals surface area contributed by atoms with Gasteiger partial charge in [0.05, 0.1) is 0 Å². The van der Waals surface area contributed by atoms with Gasteiger partial charge < -0.3 is 0 Å². The van der Waals surface area contributed by atoms with Crippen molar-refractivity contribution in [3.05, 3.63) is 99.4 Å². The fourth-order valence-corrected chi connectivity index (χ4v) is 4.33. The predicted octanol–water partition coefficient (Wildman–Crippen LogP) is 7.75. The highest BCUT2D eigenvalue weighted by Gasteiger charge is 2.24. The van der Waals surface area contributed by atoms with Crippen molar-refractivity contribution in [2.75, 3.05) is 0 Å². The summed E-state index contributed by atoms with van der Waals surface area (Å²) >= 11 is 0. The third-order valence-electron chi connectivity index (χ3n) is 6.13. The number of halogens is 5. The van der Waals surface area contributed by atoms with Gasteiger partial charge >= 0.3 is 0 Å². The molecule has 1 aliphatic rings. The smallest absolute Gasteiger partial charge is 0.167 e. The maximum absolute atomic E-state index is 15.3. The first-order valence-corrected chi connectivity index (χ1v) is 10.8. The lowest BCUT2D eigenvalue weighted by Gasteiger charge is -2.21. The SMILES string of the molecule is CCCc1ccc(C2=CCc3c(ccc(-c4ccc(CC)c(F)c4F)c3F)C2)c(F)c1F. The Kier molecular flexibility index (Phi) is 6.18. The molecule has 1 aliphatic carbocycles. The first kappa shape index (κ1) is 22.3. The van der Waals surface area contributed by atoms with Crippen LogP contribution in [0.15, 0.2) is 42.5 Å². The van der Waals surface area contributed by atoms with E-state index in [-0.39, 0.29) is 35.1 Å². The molecule has 32 heavy (non-hydrogen) atoms. The van der Waals surface area contributed by atoms with Crippen molar-refractivity contribution < 1.29 is 22.0 Å². The highest BCUT2D eigenvalue weighted by Crippen LogP contribution is 2.36. The zero-order chi connectivity index (χ0) is 23.0. The van der Waals surface area contributed by atoms with E-state index in [1.54, 1.807) is 31.2 Å². The average molecular weight is 442 g/mol. The fourth-order valence-electron chi connectivity index (χ4n) is 4.33. The Morgan fingerprint density at radius 2 is 1.25 bits per heavy atom. The molecule has 0 heterocycles. The van der Waals surface area contributed by atoms with Crippen molar-refractivity contribution in [3.63, 3.8) is 0 Å². The van der Waals surface area contributed by atoms with Crippen molar-refractivity contribution >= 4 is 5.57 Å². The Labute approximate surface area is 184 Å². The standard InChI is InChI=1S/C27H23F5/c1-3-5-16-7-10-20(26(31)24(16)29)18-8-11-19-17(14-18)9-13-21(25(19)30)22-12-6-15(4-2)23(28)27(22)32/h6-10,12-13H,3-5,11,14H2,1-2H3. The molecular weight excluding hydrogens is 419 g/mol. The van der Waals surface area contributed by atoms with Crippen LogP contribution in [0.4, 0.5) is 22.0 Å². The molecule has 0 amide bonds. The summed E-state index contributed by atoms with van der Waals surface area (Å²) in [4.78, 5) is 0. The predicted molar refractivity (Wildman–Crippen MR) is 117 cm³/mol. The van der Waals surface area contributed by atoms with Gasteiger partial charge in [-0.15, -0.1) is 0 Å². The van der Waals surface area contributed by atoms with Crippen molar-refractivity contribution in [3.8, 4) is 11.1 Å². The second-order valence-electron chi connectivity index (χ2n) is 8.08. The summed E-state index contributed by atoms with van der Waals surface area (Å²) in [5, 5.41) is 0. The normalized spacial score (nSPS) is 13.2. The molecule has 0 N–H and O–H groups in total. The number of allylic oxidation sites excluding steroid dienone is 2. The molecule has 3 aromatic carbocycles. The Balaban J connectivity index is 1.70. The Hall–Kier alpha value is -2.95. The Morgan fingerprint density at radius 3 is 1.97 bits per heavy atom. The van der Waals surface area contributed by atoms with Crippen LogP contribution in [-0.2, 0) is 25.7 Å². The van der Waals surface area contributed by atoms with E-state index in [0.29, 0.717) is 41.5 Å². The highest BCUT2D eigenvalue weighted by molar-refractivity contribution is 5.74. The van der Waals surface area contributed by atoms with Gasteiger partial charge in [-0.1, -0.05) is 62.7 Å². The Morgan fingerprint density at radius 1 is 0.656 bits per heavy atom. The second-order valence-corrected chi connectivity index (χ2v) is 8.08. The lowest BCUT2D eigenvalue weighted by Crippen LogP contribution is -2.09. The third kappa shape index (κ3) is 3.74. The van der Waals surface area contributed by atoms with E-state index in [0.717, 1.165) is 0 Å². The molecule has 166 valence electrons. The zero-order valence-corrected chi connectivity index (χ0v) is 18.0. The van der Waals surface area contributed by atoms with Gasteiger partial charge in [-0.2, -0.15) is 0 Å². The van der Waals surface area contributed by atoms with Gasteiger partial charge in [0.15, 0.2) is 23.3 Å². The zero-order valence-electron chi connectivity index (χ0n) is 18.0. The molecule has 0 aromatic heterocycles. The minimum Gasteiger partial charge on any atom is -0.206 e. The first-order valence-electron chi connectivity index (χ1n) is 10.8. The van der Waals surface area contributed by atoms with Crippen LogP contribution in [-0.4, -0.2) is 0 Å². The van der Waals surface area contributed by atoms with Crippen LogP contribution in [0.25, 0.3) is 16.7 Å². The summed E-state index contributed by atoms with van der Waals surface area (Å²) in [5.74, 6) is -4.39. The molecule has 0 fully saturated rings. The summed E-state index contributed by atoms with van der Waals surface area (Å²) in [6.07, 6.45) is 3.54. The monoisotopic (exact) mass is 442 g/mol. The van der Waals surface area contributed by atoms with Crippen LogP contribution in [0.2, 0.25) is 0 Å². The minimum absolute atomic E-state index is 0.0132. The van der Waals surface area contributed by atoms with Crippen molar-refractivity contribution in [1.82, 2.24) is 0 Å². The quantitative estimate of drug-likeness (QED) is 0.355. The molecule has 0 bridgehead atoms. The maximum atomic E-state index is 15.3. The van der Waals surface area contributed by atoms with E-state index < -0.39 is 29.1 Å². The summed E-state index contributed by atoms with van der Waals surface area (Å²) < 4.78 is 73.2. The van der Waals surface area contributed by atoms with Crippen molar-refractivity contribution in [2.45, 2.75) is 46.0 Å². The van der Waals surface area contributed by atoms with E-state index in [9.17, 15) is 17.6 Å². The van der Waals surface area contributed by atoms with Crippen LogP contribution in [0.3, 0.4) is 0 Å². The second kappa shape index (κ2) is 8.89. The average Bonchev–Trinajstić information content (AvgIpc) is 2.79. The molecule has 0 unspecified atom stereocenters. The lowest BCUT2D eigenvalue weighted by molar-refractivity contribution is 0.495. The molecule has 0 aliphatic heterocycles. The molecule has 0 radical (unpaired) electrons. The summed E-state index contributed by atoms with van der Waals surface area (Å²) in [5.41, 5.74) is 2.15. The minimum atomic E-state index is -1.07. The number of aryl methyl sites for hydroxylation is 2. The molecule has 5 heteroatoms. The molecule has 0 nitrogen and oxygen atoms in total. The van der Waals surface area contributed by atoms with Gasteiger partial charge in [-0.05, 0) is 53.5 Å². The van der Waals surface area contributed by atoms with Crippen LogP contribution in [0, 0.1) is 29.1 Å². The molecule has 0 saturated heterocycles. The van der Waals surface area contributed by atoms with Gasteiger partial charge in [0, 0.05) is 16.7 Å². The van der Waals surface area contributed by atoms with Crippen LogP contribution < -0.4 is 0 Å². The van der Waals surface area contributed by atoms with E-state index in [1.165, 1.54) is 18.2 Å². The first-order chi connectivity index (χ1) is 15.4. The molecule has 3 aromatic rings. The maximum Gasteiger partial charge on any atom is 0.167 e. The topological polar surface area (TPSA) is 0 Å².